The Kier molecular flexibility index (Phi) is 5.26. The lowest BCUT2D eigenvalue weighted by Gasteiger charge is -2.24. The first-order valence-corrected chi connectivity index (χ1v) is 9.58. The van der Waals surface area contributed by atoms with E-state index in [9.17, 15) is 4.79 Å². The van der Waals surface area contributed by atoms with Crippen molar-refractivity contribution in [3.8, 4) is 11.1 Å². The van der Waals surface area contributed by atoms with Gasteiger partial charge in [-0.1, -0.05) is 60.7 Å². The van der Waals surface area contributed by atoms with Gasteiger partial charge in [-0.15, -0.1) is 0 Å². The molecule has 0 spiro atoms. The molecular weight excluding hydrogens is 338 g/mol. The number of carbonyl (C=O) groups is 1. The molecule has 1 amide bonds. The van der Waals surface area contributed by atoms with E-state index >= 15 is 0 Å². The predicted octanol–water partition coefficient (Wildman–Crippen LogP) is 4.51. The summed E-state index contributed by atoms with van der Waals surface area (Å²) in [7, 11) is 0. The highest BCUT2D eigenvalue weighted by Crippen LogP contribution is 2.44. The van der Waals surface area contributed by atoms with Crippen molar-refractivity contribution < 1.29 is 14.3 Å². The topological polar surface area (TPSA) is 47.6 Å². The van der Waals surface area contributed by atoms with Gasteiger partial charge >= 0.3 is 6.09 Å². The molecule has 0 saturated carbocycles. The van der Waals surface area contributed by atoms with Crippen molar-refractivity contribution in [2.45, 2.75) is 18.8 Å². The molecule has 1 heterocycles. The van der Waals surface area contributed by atoms with Crippen LogP contribution in [-0.4, -0.2) is 32.5 Å². The number of benzene rings is 2. The summed E-state index contributed by atoms with van der Waals surface area (Å²) in [6, 6.07) is 16.7. The molecule has 4 rings (SSSR count). The quantitative estimate of drug-likeness (QED) is 0.795. The average molecular weight is 363 g/mol. The fourth-order valence-corrected chi connectivity index (χ4v) is 4.09. The molecule has 0 radical (unpaired) electrons. The zero-order chi connectivity index (χ0) is 18.6. The van der Waals surface area contributed by atoms with Gasteiger partial charge in [0.05, 0.1) is 0 Å². The maximum absolute atomic E-state index is 12.2. The lowest BCUT2D eigenvalue weighted by Crippen LogP contribution is -2.30. The molecule has 1 aliphatic heterocycles. The fourth-order valence-electron chi connectivity index (χ4n) is 4.09. The van der Waals surface area contributed by atoms with Crippen LogP contribution >= 0.6 is 0 Å². The van der Waals surface area contributed by atoms with Crippen molar-refractivity contribution in [3.05, 3.63) is 71.8 Å². The van der Waals surface area contributed by atoms with Gasteiger partial charge in [-0.05, 0) is 41.0 Å². The Bertz CT molecular complexity index is 794. The summed E-state index contributed by atoms with van der Waals surface area (Å²) in [6.45, 7) is 6.46. The molecule has 4 heteroatoms. The first kappa shape index (κ1) is 17.8. The van der Waals surface area contributed by atoms with Gasteiger partial charge in [0.2, 0.25) is 0 Å². The third-order valence-electron chi connectivity index (χ3n) is 5.60. The Morgan fingerprint density at radius 1 is 1.04 bits per heavy atom. The smallest absolute Gasteiger partial charge is 0.407 e. The van der Waals surface area contributed by atoms with Crippen molar-refractivity contribution in [2.24, 2.45) is 5.92 Å². The monoisotopic (exact) mass is 363 g/mol. The number of amides is 1. The molecule has 1 fully saturated rings. The molecule has 0 atom stereocenters. The van der Waals surface area contributed by atoms with Gasteiger partial charge in [-0.2, -0.15) is 0 Å². The van der Waals surface area contributed by atoms with Crippen LogP contribution < -0.4 is 5.32 Å². The van der Waals surface area contributed by atoms with Crippen molar-refractivity contribution in [1.82, 2.24) is 5.32 Å². The van der Waals surface area contributed by atoms with Gasteiger partial charge in [-0.25, -0.2) is 4.79 Å². The average Bonchev–Trinajstić information content (AvgIpc) is 3.05. The van der Waals surface area contributed by atoms with Crippen molar-refractivity contribution in [3.63, 3.8) is 0 Å². The summed E-state index contributed by atoms with van der Waals surface area (Å²) in [5.41, 5.74) is 5.95. The lowest BCUT2D eigenvalue weighted by molar-refractivity contribution is 0.0752. The molecule has 27 heavy (non-hydrogen) atoms. The number of hydrogen-bond donors (Lipinski definition) is 1. The van der Waals surface area contributed by atoms with Crippen molar-refractivity contribution >= 4 is 6.09 Å². The Morgan fingerprint density at radius 3 is 2.26 bits per heavy atom. The Balaban J connectivity index is 1.34. The predicted molar refractivity (Wildman–Crippen MR) is 106 cm³/mol. The standard InChI is InChI=1S/C23H25NO3/c1-16(17-10-12-26-13-11-17)14-24-23(25)27-15-22-20-8-4-2-6-18(20)19-7-3-5-9-21(19)22/h2-9,17,22H,1,10-15H2,(H,24,25). The van der Waals surface area contributed by atoms with Crippen LogP contribution in [-0.2, 0) is 9.47 Å². The van der Waals surface area contributed by atoms with E-state index in [4.69, 9.17) is 9.47 Å². The molecule has 2 aromatic rings. The SMILES string of the molecule is C=C(CNC(=O)OCC1c2ccccc2-c2ccccc21)C1CCOCC1. The van der Waals surface area contributed by atoms with Gasteiger partial charge in [0.1, 0.15) is 6.61 Å². The Morgan fingerprint density at radius 2 is 1.63 bits per heavy atom. The number of carbonyl (C=O) groups excluding carboxylic acids is 1. The highest BCUT2D eigenvalue weighted by molar-refractivity contribution is 5.79. The van der Waals surface area contributed by atoms with E-state index in [2.05, 4.69) is 36.2 Å². The molecule has 1 N–H and O–H groups in total. The molecule has 0 unspecified atom stereocenters. The van der Waals surface area contributed by atoms with E-state index in [-0.39, 0.29) is 12.0 Å². The van der Waals surface area contributed by atoms with Crippen LogP contribution in [0.5, 0.6) is 0 Å². The number of hydrogen-bond acceptors (Lipinski definition) is 3. The Hall–Kier alpha value is -2.59. The molecule has 1 aliphatic carbocycles. The van der Waals surface area contributed by atoms with Crippen LogP contribution in [0.3, 0.4) is 0 Å². The number of rotatable bonds is 5. The van der Waals surface area contributed by atoms with Gasteiger partial charge in [-0.3, -0.25) is 0 Å². The Labute approximate surface area is 160 Å². The minimum atomic E-state index is -0.384. The summed E-state index contributed by atoms with van der Waals surface area (Å²) in [5, 5.41) is 2.85. The van der Waals surface area contributed by atoms with E-state index in [1.807, 2.05) is 24.3 Å². The second-order valence-electron chi connectivity index (χ2n) is 7.22. The third kappa shape index (κ3) is 3.76. The summed E-state index contributed by atoms with van der Waals surface area (Å²) >= 11 is 0. The minimum absolute atomic E-state index is 0.0850. The normalized spacial score (nSPS) is 16.4. The van der Waals surface area contributed by atoms with E-state index < -0.39 is 0 Å². The van der Waals surface area contributed by atoms with Crippen LogP contribution in [0, 0.1) is 5.92 Å². The first-order valence-electron chi connectivity index (χ1n) is 9.58. The summed E-state index contributed by atoms with van der Waals surface area (Å²) in [4.78, 5) is 12.2. The minimum Gasteiger partial charge on any atom is -0.449 e. The van der Waals surface area contributed by atoms with E-state index in [1.165, 1.54) is 22.3 Å². The zero-order valence-electron chi connectivity index (χ0n) is 15.4. The molecule has 2 aliphatic rings. The number of fused-ring (bicyclic) bond motifs is 3. The largest absolute Gasteiger partial charge is 0.449 e. The number of nitrogens with one attached hydrogen (secondary N) is 1. The molecule has 1 saturated heterocycles. The molecule has 4 nitrogen and oxygen atoms in total. The number of alkyl carbamates (subject to hydrolysis) is 1. The molecule has 140 valence electrons. The van der Waals surface area contributed by atoms with Gasteiger partial charge in [0.15, 0.2) is 0 Å². The zero-order valence-corrected chi connectivity index (χ0v) is 15.4. The molecule has 0 bridgehead atoms. The molecular formula is C23H25NO3. The lowest BCUT2D eigenvalue weighted by atomic mass is 9.92. The van der Waals surface area contributed by atoms with Crippen LogP contribution in [0.4, 0.5) is 4.79 Å². The molecule has 0 aromatic heterocycles. The van der Waals surface area contributed by atoms with Gasteiger partial charge < -0.3 is 14.8 Å². The van der Waals surface area contributed by atoms with E-state index in [0.717, 1.165) is 31.6 Å². The summed E-state index contributed by atoms with van der Waals surface area (Å²) in [5.74, 6) is 0.509. The summed E-state index contributed by atoms with van der Waals surface area (Å²) in [6.07, 6.45) is 1.57. The van der Waals surface area contributed by atoms with Gasteiger partial charge in [0.25, 0.3) is 0 Å². The summed E-state index contributed by atoms with van der Waals surface area (Å²) < 4.78 is 10.9. The van der Waals surface area contributed by atoms with E-state index in [1.54, 1.807) is 0 Å². The van der Waals surface area contributed by atoms with Crippen molar-refractivity contribution in [2.75, 3.05) is 26.4 Å². The van der Waals surface area contributed by atoms with Crippen molar-refractivity contribution in [1.29, 1.82) is 0 Å². The number of ether oxygens (including phenoxy) is 2. The van der Waals surface area contributed by atoms with Crippen LogP contribution in [0.2, 0.25) is 0 Å². The molecule has 2 aromatic carbocycles. The first-order chi connectivity index (χ1) is 13.2. The van der Waals surface area contributed by atoms with Crippen LogP contribution in [0.25, 0.3) is 11.1 Å². The highest BCUT2D eigenvalue weighted by atomic mass is 16.5. The fraction of sp³-hybridized carbons (Fsp3) is 0.348. The van der Waals surface area contributed by atoms with Crippen LogP contribution in [0.15, 0.2) is 60.7 Å². The highest BCUT2D eigenvalue weighted by Gasteiger charge is 2.29. The van der Waals surface area contributed by atoms with Crippen LogP contribution in [0.1, 0.15) is 29.9 Å². The second-order valence-corrected chi connectivity index (χ2v) is 7.22. The van der Waals surface area contributed by atoms with E-state index in [0.29, 0.717) is 19.1 Å². The maximum Gasteiger partial charge on any atom is 0.407 e. The maximum atomic E-state index is 12.2. The second kappa shape index (κ2) is 7.97. The third-order valence-corrected chi connectivity index (χ3v) is 5.60. The van der Waals surface area contributed by atoms with Gasteiger partial charge in [0, 0.05) is 25.7 Å².